The summed E-state index contributed by atoms with van der Waals surface area (Å²) in [6, 6.07) is 0.454. The van der Waals surface area contributed by atoms with Crippen LogP contribution in [0.25, 0.3) is 0 Å². The number of carbonyl (C=O) groups is 2. The zero-order valence-corrected chi connectivity index (χ0v) is 12.7. The average molecular weight is 281 g/mol. The Labute approximate surface area is 121 Å². The van der Waals surface area contributed by atoms with Crippen LogP contribution in [0.4, 0.5) is 0 Å². The fraction of sp³-hybridized carbons (Fsp3) is 0.867. The van der Waals surface area contributed by atoms with Gasteiger partial charge in [-0.15, -0.1) is 0 Å². The molecule has 0 aromatic heterocycles. The number of rotatable bonds is 3. The largest absolute Gasteiger partial charge is 0.356 e. The molecule has 0 saturated carbocycles. The molecule has 5 nitrogen and oxygen atoms in total. The van der Waals surface area contributed by atoms with Gasteiger partial charge in [0, 0.05) is 38.5 Å². The Hall–Kier alpha value is -1.10. The molecular formula is C15H27N3O2. The molecule has 2 heterocycles. The molecule has 2 N–H and O–H groups in total. The number of amides is 2. The first kappa shape index (κ1) is 15.3. The maximum atomic E-state index is 12.5. The van der Waals surface area contributed by atoms with Crippen LogP contribution >= 0.6 is 0 Å². The van der Waals surface area contributed by atoms with Crippen LogP contribution in [0, 0.1) is 11.8 Å². The summed E-state index contributed by atoms with van der Waals surface area (Å²) in [7, 11) is 0. The van der Waals surface area contributed by atoms with Crippen LogP contribution in [-0.4, -0.2) is 48.9 Å². The first-order chi connectivity index (χ1) is 9.56. The normalized spacial score (nSPS) is 28.2. The highest BCUT2D eigenvalue weighted by Crippen LogP contribution is 2.23. The Morgan fingerprint density at radius 2 is 1.95 bits per heavy atom. The summed E-state index contributed by atoms with van der Waals surface area (Å²) in [4.78, 5) is 25.4. The lowest BCUT2D eigenvalue weighted by Crippen LogP contribution is -2.47. The van der Waals surface area contributed by atoms with Gasteiger partial charge in [0.05, 0.1) is 0 Å². The van der Waals surface area contributed by atoms with E-state index in [0.29, 0.717) is 17.9 Å². The molecule has 0 radical (unpaired) electrons. The lowest BCUT2D eigenvalue weighted by atomic mass is 9.90. The third-order valence-corrected chi connectivity index (χ3v) is 4.54. The van der Waals surface area contributed by atoms with Gasteiger partial charge in [0.2, 0.25) is 11.8 Å². The van der Waals surface area contributed by atoms with Crippen LogP contribution < -0.4 is 10.6 Å². The average Bonchev–Trinajstić information content (AvgIpc) is 2.45. The third kappa shape index (κ3) is 4.20. The van der Waals surface area contributed by atoms with Crippen molar-refractivity contribution in [2.75, 3.05) is 26.2 Å². The SMILES string of the molecule is CC(=O)NCC1CCN(C(=O)C2CCNC(C)C2)CC1. The van der Waals surface area contributed by atoms with Gasteiger partial charge in [-0.2, -0.15) is 0 Å². The van der Waals surface area contributed by atoms with Gasteiger partial charge in [0.1, 0.15) is 0 Å². The monoisotopic (exact) mass is 281 g/mol. The van der Waals surface area contributed by atoms with E-state index in [2.05, 4.69) is 17.6 Å². The molecule has 114 valence electrons. The van der Waals surface area contributed by atoms with Gasteiger partial charge >= 0.3 is 0 Å². The summed E-state index contributed by atoms with van der Waals surface area (Å²) in [6.45, 7) is 7.11. The predicted molar refractivity (Wildman–Crippen MR) is 78.2 cm³/mol. The molecule has 2 aliphatic heterocycles. The molecule has 2 fully saturated rings. The Bertz CT molecular complexity index is 351. The van der Waals surface area contributed by atoms with Crippen molar-refractivity contribution in [1.29, 1.82) is 0 Å². The zero-order chi connectivity index (χ0) is 14.5. The Balaban J connectivity index is 1.75. The van der Waals surface area contributed by atoms with Gasteiger partial charge in [-0.3, -0.25) is 9.59 Å². The number of nitrogens with one attached hydrogen (secondary N) is 2. The van der Waals surface area contributed by atoms with Crippen molar-refractivity contribution in [1.82, 2.24) is 15.5 Å². The van der Waals surface area contributed by atoms with Gasteiger partial charge in [0.25, 0.3) is 0 Å². The molecule has 0 aliphatic carbocycles. The molecule has 20 heavy (non-hydrogen) atoms. The fourth-order valence-corrected chi connectivity index (χ4v) is 3.26. The fourth-order valence-electron chi connectivity index (χ4n) is 3.26. The second-order valence-electron chi connectivity index (χ2n) is 6.28. The number of carbonyl (C=O) groups excluding carboxylic acids is 2. The summed E-state index contributed by atoms with van der Waals surface area (Å²) in [6.07, 6.45) is 3.94. The van der Waals surface area contributed by atoms with Gasteiger partial charge in [-0.1, -0.05) is 0 Å². The molecular weight excluding hydrogens is 254 g/mol. The molecule has 5 heteroatoms. The van der Waals surface area contributed by atoms with E-state index in [0.717, 1.165) is 51.9 Å². The van der Waals surface area contributed by atoms with E-state index in [9.17, 15) is 9.59 Å². The molecule has 2 aliphatic rings. The van der Waals surface area contributed by atoms with E-state index in [-0.39, 0.29) is 11.8 Å². The van der Waals surface area contributed by atoms with Crippen molar-refractivity contribution >= 4 is 11.8 Å². The van der Waals surface area contributed by atoms with Crippen LogP contribution in [-0.2, 0) is 9.59 Å². The van der Waals surface area contributed by atoms with Crippen LogP contribution in [0.5, 0.6) is 0 Å². The van der Waals surface area contributed by atoms with Gasteiger partial charge in [0.15, 0.2) is 0 Å². The topological polar surface area (TPSA) is 61.4 Å². The molecule has 0 spiro atoms. The molecule has 0 aromatic rings. The molecule has 2 atom stereocenters. The molecule has 2 amide bonds. The predicted octanol–water partition coefficient (Wildman–Crippen LogP) is 0.749. The maximum absolute atomic E-state index is 12.5. The Morgan fingerprint density at radius 3 is 2.55 bits per heavy atom. The number of nitrogens with zero attached hydrogens (tertiary/aromatic N) is 1. The minimum Gasteiger partial charge on any atom is -0.356 e. The van der Waals surface area contributed by atoms with Crippen molar-refractivity contribution in [3.8, 4) is 0 Å². The summed E-state index contributed by atoms with van der Waals surface area (Å²) < 4.78 is 0. The van der Waals surface area contributed by atoms with E-state index < -0.39 is 0 Å². The summed E-state index contributed by atoms with van der Waals surface area (Å²) >= 11 is 0. The Morgan fingerprint density at radius 1 is 1.25 bits per heavy atom. The third-order valence-electron chi connectivity index (χ3n) is 4.54. The van der Waals surface area contributed by atoms with Crippen molar-refractivity contribution in [2.24, 2.45) is 11.8 Å². The zero-order valence-electron chi connectivity index (χ0n) is 12.7. The quantitative estimate of drug-likeness (QED) is 0.802. The number of hydrogen-bond acceptors (Lipinski definition) is 3. The van der Waals surface area contributed by atoms with Crippen molar-refractivity contribution in [3.05, 3.63) is 0 Å². The lowest BCUT2D eigenvalue weighted by Gasteiger charge is -2.36. The minimum atomic E-state index is 0.0344. The Kier molecular flexibility index (Phi) is 5.40. The van der Waals surface area contributed by atoms with E-state index in [4.69, 9.17) is 0 Å². The molecule has 0 bridgehead atoms. The highest BCUT2D eigenvalue weighted by Gasteiger charge is 2.30. The van der Waals surface area contributed by atoms with Gasteiger partial charge < -0.3 is 15.5 Å². The highest BCUT2D eigenvalue weighted by molar-refractivity contribution is 5.79. The maximum Gasteiger partial charge on any atom is 0.225 e. The van der Waals surface area contributed by atoms with Crippen LogP contribution in [0.2, 0.25) is 0 Å². The lowest BCUT2D eigenvalue weighted by molar-refractivity contribution is -0.138. The van der Waals surface area contributed by atoms with Crippen LogP contribution in [0.3, 0.4) is 0 Å². The van der Waals surface area contributed by atoms with Crippen LogP contribution in [0.1, 0.15) is 39.5 Å². The summed E-state index contributed by atoms with van der Waals surface area (Å²) in [5.74, 6) is 1.11. The van der Waals surface area contributed by atoms with Crippen molar-refractivity contribution < 1.29 is 9.59 Å². The van der Waals surface area contributed by atoms with Gasteiger partial charge in [-0.25, -0.2) is 0 Å². The smallest absolute Gasteiger partial charge is 0.225 e. The minimum absolute atomic E-state index is 0.0344. The summed E-state index contributed by atoms with van der Waals surface area (Å²) in [5, 5.41) is 6.27. The van der Waals surface area contributed by atoms with E-state index in [1.807, 2.05) is 4.90 Å². The van der Waals surface area contributed by atoms with E-state index in [1.165, 1.54) is 0 Å². The standard InChI is InChI=1S/C15H27N3O2/c1-11-9-14(3-6-16-11)15(20)18-7-4-13(5-8-18)10-17-12(2)19/h11,13-14,16H,3-10H2,1-2H3,(H,17,19). The molecule has 2 saturated heterocycles. The van der Waals surface area contributed by atoms with E-state index in [1.54, 1.807) is 6.92 Å². The first-order valence-electron chi connectivity index (χ1n) is 7.83. The van der Waals surface area contributed by atoms with Crippen molar-refractivity contribution in [2.45, 2.75) is 45.6 Å². The van der Waals surface area contributed by atoms with Gasteiger partial charge in [-0.05, 0) is 45.1 Å². The molecule has 2 unspecified atom stereocenters. The number of hydrogen-bond donors (Lipinski definition) is 2. The van der Waals surface area contributed by atoms with E-state index >= 15 is 0 Å². The second-order valence-corrected chi connectivity index (χ2v) is 6.28. The number of piperidine rings is 2. The first-order valence-corrected chi connectivity index (χ1v) is 7.83. The highest BCUT2D eigenvalue weighted by atomic mass is 16.2. The van der Waals surface area contributed by atoms with Crippen LogP contribution in [0.15, 0.2) is 0 Å². The van der Waals surface area contributed by atoms with Crippen molar-refractivity contribution in [3.63, 3.8) is 0 Å². The summed E-state index contributed by atoms with van der Waals surface area (Å²) in [5.41, 5.74) is 0. The molecule has 2 rings (SSSR count). The second kappa shape index (κ2) is 7.07. The molecule has 0 aromatic carbocycles. The number of likely N-dealkylation sites (tertiary alicyclic amines) is 1.